The van der Waals surface area contributed by atoms with Crippen LogP contribution in [0.4, 0.5) is 0 Å². The maximum Gasteiger partial charge on any atom is 0.0931 e. The van der Waals surface area contributed by atoms with E-state index < -0.39 is 0 Å². The maximum absolute atomic E-state index is 9.28. The van der Waals surface area contributed by atoms with Gasteiger partial charge in [-0.1, -0.05) is 18.5 Å². The van der Waals surface area contributed by atoms with E-state index in [9.17, 15) is 5.11 Å². The topological polar surface area (TPSA) is 20.2 Å². The molecule has 0 fully saturated rings. The molecular weight excluding hydrogens is 180 g/mol. The first-order valence-electron chi connectivity index (χ1n) is 3.64. The zero-order chi connectivity index (χ0) is 8.27. The van der Waals surface area contributed by atoms with Crippen LogP contribution < -0.4 is 0 Å². The first-order chi connectivity index (χ1) is 5.22. The lowest BCUT2D eigenvalue weighted by atomic mass is 10.2. The number of thiophene rings is 1. The van der Waals surface area contributed by atoms with Gasteiger partial charge in [-0.05, 0) is 18.6 Å². The van der Waals surface area contributed by atoms with Crippen molar-refractivity contribution in [3.8, 4) is 0 Å². The molecule has 1 atom stereocenters. The normalized spacial score (nSPS) is 13.4. The minimum absolute atomic E-state index is 0.218. The van der Waals surface area contributed by atoms with Crippen molar-refractivity contribution < 1.29 is 5.11 Å². The van der Waals surface area contributed by atoms with Gasteiger partial charge in [-0.2, -0.15) is 0 Å². The van der Waals surface area contributed by atoms with Crippen molar-refractivity contribution in [2.45, 2.75) is 25.9 Å². The Morgan fingerprint density at radius 3 is 2.82 bits per heavy atom. The molecule has 62 valence electrons. The second-order valence-electron chi connectivity index (χ2n) is 2.47. The average molecular weight is 191 g/mol. The molecule has 0 radical (unpaired) electrons. The summed E-state index contributed by atoms with van der Waals surface area (Å²) < 4.78 is 0.795. The molecule has 1 rings (SSSR count). The highest BCUT2D eigenvalue weighted by molar-refractivity contribution is 7.16. The van der Waals surface area contributed by atoms with Gasteiger partial charge < -0.3 is 5.11 Å². The van der Waals surface area contributed by atoms with Gasteiger partial charge in [0.25, 0.3) is 0 Å². The summed E-state index contributed by atoms with van der Waals surface area (Å²) in [6, 6.07) is 3.83. The molecule has 0 spiro atoms. The average Bonchev–Trinajstić information content (AvgIpc) is 2.35. The van der Waals surface area contributed by atoms with Crippen LogP contribution >= 0.6 is 22.9 Å². The predicted octanol–water partition coefficient (Wildman–Crippen LogP) is 2.71. The van der Waals surface area contributed by atoms with Gasteiger partial charge in [-0.3, -0.25) is 0 Å². The Bertz CT molecular complexity index is 222. The predicted molar refractivity (Wildman–Crippen MR) is 49.3 cm³/mol. The zero-order valence-corrected chi connectivity index (χ0v) is 7.95. The molecule has 0 aliphatic carbocycles. The summed E-state index contributed by atoms with van der Waals surface area (Å²) >= 11 is 7.26. The highest BCUT2D eigenvalue weighted by Gasteiger charge is 2.04. The van der Waals surface area contributed by atoms with Crippen molar-refractivity contribution in [2.24, 2.45) is 0 Å². The van der Waals surface area contributed by atoms with Crippen LogP contribution in [0.15, 0.2) is 12.1 Å². The highest BCUT2D eigenvalue weighted by Crippen LogP contribution is 2.22. The third-order valence-corrected chi connectivity index (χ3v) is 2.79. The number of hydrogen-bond donors (Lipinski definition) is 1. The Kier molecular flexibility index (Phi) is 3.37. The van der Waals surface area contributed by atoms with Gasteiger partial charge in [-0.25, -0.2) is 0 Å². The van der Waals surface area contributed by atoms with Gasteiger partial charge in [0, 0.05) is 11.3 Å². The molecule has 0 aliphatic rings. The quantitative estimate of drug-likeness (QED) is 0.777. The number of aliphatic hydroxyl groups is 1. The SMILES string of the molecule is CC[C@@H](O)Cc1ccc(Cl)s1. The minimum atomic E-state index is -0.218. The Balaban J connectivity index is 2.50. The lowest BCUT2D eigenvalue weighted by molar-refractivity contribution is 0.171. The lowest BCUT2D eigenvalue weighted by Crippen LogP contribution is -2.06. The van der Waals surface area contributed by atoms with Crippen LogP contribution in [-0.2, 0) is 6.42 Å². The monoisotopic (exact) mass is 190 g/mol. The number of aliphatic hydroxyl groups excluding tert-OH is 1. The summed E-state index contributed by atoms with van der Waals surface area (Å²) in [4.78, 5) is 1.16. The van der Waals surface area contributed by atoms with E-state index in [1.54, 1.807) is 0 Å². The molecule has 1 aromatic heterocycles. The molecule has 0 saturated carbocycles. The van der Waals surface area contributed by atoms with Crippen molar-refractivity contribution in [3.05, 3.63) is 21.3 Å². The van der Waals surface area contributed by atoms with Crippen LogP contribution in [0.5, 0.6) is 0 Å². The molecule has 0 bridgehead atoms. The number of hydrogen-bond acceptors (Lipinski definition) is 2. The molecule has 1 heterocycles. The molecule has 0 amide bonds. The molecule has 11 heavy (non-hydrogen) atoms. The highest BCUT2D eigenvalue weighted by atomic mass is 35.5. The van der Waals surface area contributed by atoms with Gasteiger partial charge in [0.1, 0.15) is 0 Å². The summed E-state index contributed by atoms with van der Waals surface area (Å²) in [6.07, 6.45) is 1.31. The fraction of sp³-hybridized carbons (Fsp3) is 0.500. The molecule has 0 saturated heterocycles. The van der Waals surface area contributed by atoms with E-state index in [1.165, 1.54) is 11.3 Å². The van der Waals surface area contributed by atoms with Gasteiger partial charge >= 0.3 is 0 Å². The van der Waals surface area contributed by atoms with E-state index in [4.69, 9.17) is 11.6 Å². The fourth-order valence-corrected chi connectivity index (χ4v) is 2.00. The van der Waals surface area contributed by atoms with Gasteiger partial charge in [-0.15, -0.1) is 11.3 Å². The lowest BCUT2D eigenvalue weighted by Gasteiger charge is -2.03. The fourth-order valence-electron chi connectivity index (χ4n) is 0.838. The first kappa shape index (κ1) is 9.04. The number of rotatable bonds is 3. The van der Waals surface area contributed by atoms with E-state index in [-0.39, 0.29) is 6.10 Å². The largest absolute Gasteiger partial charge is 0.393 e. The van der Waals surface area contributed by atoms with Crippen LogP contribution in [0.1, 0.15) is 18.2 Å². The second kappa shape index (κ2) is 4.10. The summed E-state index contributed by atoms with van der Waals surface area (Å²) in [5, 5.41) is 9.28. The van der Waals surface area contributed by atoms with E-state index >= 15 is 0 Å². The molecule has 1 aromatic rings. The summed E-state index contributed by atoms with van der Waals surface area (Å²) in [6.45, 7) is 1.97. The van der Waals surface area contributed by atoms with Crippen molar-refractivity contribution >= 4 is 22.9 Å². The van der Waals surface area contributed by atoms with Gasteiger partial charge in [0.15, 0.2) is 0 Å². The zero-order valence-electron chi connectivity index (χ0n) is 6.38. The van der Waals surface area contributed by atoms with Crippen molar-refractivity contribution in [1.29, 1.82) is 0 Å². The Morgan fingerprint density at radius 1 is 1.64 bits per heavy atom. The van der Waals surface area contributed by atoms with Gasteiger partial charge in [0.2, 0.25) is 0 Å². The summed E-state index contributed by atoms with van der Waals surface area (Å²) in [5.41, 5.74) is 0. The Morgan fingerprint density at radius 2 is 2.36 bits per heavy atom. The molecule has 0 aliphatic heterocycles. The summed E-state index contributed by atoms with van der Waals surface area (Å²) in [7, 11) is 0. The third-order valence-electron chi connectivity index (χ3n) is 1.54. The van der Waals surface area contributed by atoms with E-state index in [2.05, 4.69) is 0 Å². The Hall–Kier alpha value is -0.0500. The molecule has 1 nitrogen and oxygen atoms in total. The van der Waals surface area contributed by atoms with Crippen molar-refractivity contribution in [1.82, 2.24) is 0 Å². The van der Waals surface area contributed by atoms with Crippen LogP contribution in [0.3, 0.4) is 0 Å². The van der Waals surface area contributed by atoms with Crippen molar-refractivity contribution in [3.63, 3.8) is 0 Å². The molecular formula is C8H11ClOS. The second-order valence-corrected chi connectivity index (χ2v) is 4.27. The van der Waals surface area contributed by atoms with Crippen LogP contribution in [0.25, 0.3) is 0 Å². The Labute approximate surface area is 75.6 Å². The van der Waals surface area contributed by atoms with Crippen LogP contribution in [0.2, 0.25) is 4.34 Å². The van der Waals surface area contributed by atoms with E-state index in [0.29, 0.717) is 0 Å². The van der Waals surface area contributed by atoms with Crippen molar-refractivity contribution in [2.75, 3.05) is 0 Å². The molecule has 0 unspecified atom stereocenters. The number of halogens is 1. The summed E-state index contributed by atoms with van der Waals surface area (Å²) in [5.74, 6) is 0. The third kappa shape index (κ3) is 2.81. The molecule has 0 aromatic carbocycles. The smallest absolute Gasteiger partial charge is 0.0931 e. The van der Waals surface area contributed by atoms with E-state index in [0.717, 1.165) is 22.1 Å². The van der Waals surface area contributed by atoms with Crippen LogP contribution in [0, 0.1) is 0 Å². The standard InChI is InChI=1S/C8H11ClOS/c1-2-6(10)5-7-3-4-8(9)11-7/h3-4,6,10H,2,5H2,1H3/t6-/m1/s1. The van der Waals surface area contributed by atoms with Gasteiger partial charge in [0.05, 0.1) is 10.4 Å². The first-order valence-corrected chi connectivity index (χ1v) is 4.84. The minimum Gasteiger partial charge on any atom is -0.393 e. The molecule has 1 N–H and O–H groups in total. The maximum atomic E-state index is 9.28. The molecule has 3 heteroatoms. The van der Waals surface area contributed by atoms with E-state index in [1.807, 2.05) is 19.1 Å². The van der Waals surface area contributed by atoms with Crippen LogP contribution in [-0.4, -0.2) is 11.2 Å².